The van der Waals surface area contributed by atoms with E-state index in [0.29, 0.717) is 0 Å². The molecule has 0 saturated heterocycles. The molecule has 0 unspecified atom stereocenters. The Bertz CT molecular complexity index is 719. The molecule has 2 aromatic rings. The molecule has 0 bridgehead atoms. The van der Waals surface area contributed by atoms with Gasteiger partial charge >= 0.3 is 0 Å². The summed E-state index contributed by atoms with van der Waals surface area (Å²) in [4.78, 5) is 15.6. The Morgan fingerprint density at radius 1 is 1.29 bits per heavy atom. The second-order valence-electron chi connectivity index (χ2n) is 3.97. The van der Waals surface area contributed by atoms with E-state index in [-0.39, 0.29) is 23.6 Å². The Balaban J connectivity index is 2.16. The van der Waals surface area contributed by atoms with Crippen molar-refractivity contribution in [1.29, 1.82) is 0 Å². The third kappa shape index (κ3) is 3.84. The number of carbonyl (C=O) groups is 1. The lowest BCUT2D eigenvalue weighted by Crippen LogP contribution is -2.13. The summed E-state index contributed by atoms with van der Waals surface area (Å²) in [5, 5.41) is 11.0. The molecule has 4 nitrogen and oxygen atoms in total. The molecule has 0 atom stereocenters. The van der Waals surface area contributed by atoms with Crippen LogP contribution in [0.25, 0.3) is 0 Å². The van der Waals surface area contributed by atoms with E-state index in [1.807, 2.05) is 0 Å². The number of nitrogens with one attached hydrogen (secondary N) is 1. The quantitative estimate of drug-likeness (QED) is 0.830. The maximum Gasteiger partial charge on any atom is 0.256 e. The minimum atomic E-state index is -0.671. The van der Waals surface area contributed by atoms with Crippen molar-refractivity contribution in [1.82, 2.24) is 4.98 Å². The summed E-state index contributed by atoms with van der Waals surface area (Å²) in [5.74, 6) is 3.13. The summed E-state index contributed by atoms with van der Waals surface area (Å²) in [7, 11) is 0. The highest BCUT2D eigenvalue weighted by Crippen LogP contribution is 2.12. The van der Waals surface area contributed by atoms with Gasteiger partial charge in [-0.15, -0.1) is 0 Å². The molecule has 2 rings (SSSR count). The van der Waals surface area contributed by atoms with Crippen LogP contribution in [0.1, 0.15) is 15.9 Å². The Hall–Kier alpha value is -2.78. The average molecular weight is 288 g/mol. The number of anilines is 1. The maximum atomic E-state index is 13.7. The minimum absolute atomic E-state index is 0.0770. The van der Waals surface area contributed by atoms with Gasteiger partial charge in [0.2, 0.25) is 0 Å². The van der Waals surface area contributed by atoms with Crippen LogP contribution in [-0.4, -0.2) is 22.6 Å². The summed E-state index contributed by atoms with van der Waals surface area (Å²) in [5.41, 5.74) is 0.161. The zero-order chi connectivity index (χ0) is 15.2. The number of rotatable bonds is 2. The Kier molecular flexibility index (Phi) is 4.59. The third-order valence-corrected chi connectivity index (χ3v) is 2.50. The van der Waals surface area contributed by atoms with Gasteiger partial charge in [-0.25, -0.2) is 13.8 Å². The predicted molar refractivity (Wildman–Crippen MR) is 72.5 cm³/mol. The molecule has 1 amide bonds. The molecule has 0 spiro atoms. The molecule has 1 heterocycles. The normalized spacial score (nSPS) is 9.67. The van der Waals surface area contributed by atoms with Gasteiger partial charge in [0.1, 0.15) is 24.1 Å². The number of aliphatic hydroxyl groups excluding tert-OH is 1. The van der Waals surface area contributed by atoms with Crippen LogP contribution in [0.3, 0.4) is 0 Å². The van der Waals surface area contributed by atoms with E-state index in [2.05, 4.69) is 22.1 Å². The number of pyridine rings is 1. The molecule has 1 aromatic heterocycles. The Morgan fingerprint density at radius 2 is 2.10 bits per heavy atom. The van der Waals surface area contributed by atoms with Crippen molar-refractivity contribution in [3.05, 3.63) is 59.3 Å². The van der Waals surface area contributed by atoms with Crippen molar-refractivity contribution in [2.45, 2.75) is 0 Å². The lowest BCUT2D eigenvalue weighted by molar-refractivity contribution is 0.102. The molecule has 0 saturated carbocycles. The van der Waals surface area contributed by atoms with E-state index in [1.165, 1.54) is 18.2 Å². The number of nitrogens with zero attached hydrogens (tertiary/aromatic N) is 1. The molecule has 1 aromatic carbocycles. The van der Waals surface area contributed by atoms with Crippen LogP contribution in [0.5, 0.6) is 0 Å². The molecular weight excluding hydrogens is 278 g/mol. The lowest BCUT2D eigenvalue weighted by atomic mass is 10.1. The molecular formula is C15H10F2N2O2. The van der Waals surface area contributed by atoms with Gasteiger partial charge in [-0.05, 0) is 30.3 Å². The van der Waals surface area contributed by atoms with Crippen molar-refractivity contribution in [3.63, 3.8) is 0 Å². The first-order valence-corrected chi connectivity index (χ1v) is 5.92. The molecule has 106 valence electrons. The number of hydrogen-bond donors (Lipinski definition) is 2. The molecule has 6 heteroatoms. The molecule has 0 radical (unpaired) electrons. The van der Waals surface area contributed by atoms with Gasteiger partial charge in [-0.3, -0.25) is 4.79 Å². The number of hydrogen-bond acceptors (Lipinski definition) is 3. The van der Waals surface area contributed by atoms with E-state index in [1.54, 1.807) is 0 Å². The molecule has 0 aliphatic heterocycles. The highest BCUT2D eigenvalue weighted by atomic mass is 19.1. The summed E-state index contributed by atoms with van der Waals surface area (Å²) in [6.07, 6.45) is 0.962. The standard InChI is InChI=1S/C15H10F2N2O2/c16-12-5-6-14(18-9-12)19-15(21)11-4-3-10(2-1-7-20)13(17)8-11/h3-6,8-9,20H,7H2,(H,18,19,21). The van der Waals surface area contributed by atoms with E-state index in [9.17, 15) is 13.6 Å². The zero-order valence-electron chi connectivity index (χ0n) is 10.7. The van der Waals surface area contributed by atoms with Gasteiger partial charge in [0, 0.05) is 5.56 Å². The van der Waals surface area contributed by atoms with Crippen molar-refractivity contribution in [3.8, 4) is 11.8 Å². The van der Waals surface area contributed by atoms with Crippen LogP contribution >= 0.6 is 0 Å². The van der Waals surface area contributed by atoms with E-state index in [4.69, 9.17) is 5.11 Å². The number of aliphatic hydroxyl groups is 1. The molecule has 0 aliphatic rings. The molecule has 2 N–H and O–H groups in total. The van der Waals surface area contributed by atoms with Gasteiger partial charge in [0.25, 0.3) is 5.91 Å². The predicted octanol–water partition coefficient (Wildman–Crippen LogP) is 1.96. The van der Waals surface area contributed by atoms with Crippen molar-refractivity contribution >= 4 is 11.7 Å². The van der Waals surface area contributed by atoms with E-state index < -0.39 is 17.5 Å². The first kappa shape index (κ1) is 14.6. The van der Waals surface area contributed by atoms with Crippen LogP contribution < -0.4 is 5.32 Å². The third-order valence-electron chi connectivity index (χ3n) is 2.50. The summed E-state index contributed by atoms with van der Waals surface area (Å²) < 4.78 is 26.4. The minimum Gasteiger partial charge on any atom is -0.384 e. The first-order chi connectivity index (χ1) is 10.1. The van der Waals surface area contributed by atoms with Crippen molar-refractivity contribution in [2.24, 2.45) is 0 Å². The number of benzene rings is 1. The summed E-state index contributed by atoms with van der Waals surface area (Å²) in [6.45, 7) is -0.377. The van der Waals surface area contributed by atoms with Crippen LogP contribution in [0, 0.1) is 23.5 Å². The lowest BCUT2D eigenvalue weighted by Gasteiger charge is -2.05. The zero-order valence-corrected chi connectivity index (χ0v) is 10.7. The van der Waals surface area contributed by atoms with Gasteiger partial charge in [-0.1, -0.05) is 11.8 Å². The van der Waals surface area contributed by atoms with Gasteiger partial charge in [-0.2, -0.15) is 0 Å². The van der Waals surface area contributed by atoms with Crippen molar-refractivity contribution < 1.29 is 18.7 Å². The highest BCUT2D eigenvalue weighted by molar-refractivity contribution is 6.03. The van der Waals surface area contributed by atoms with Gasteiger partial charge in [0.15, 0.2) is 0 Å². The molecule has 0 aliphatic carbocycles. The van der Waals surface area contributed by atoms with Crippen molar-refractivity contribution in [2.75, 3.05) is 11.9 Å². The monoisotopic (exact) mass is 288 g/mol. The maximum absolute atomic E-state index is 13.7. The average Bonchev–Trinajstić information content (AvgIpc) is 2.48. The number of carbonyl (C=O) groups excluding carboxylic acids is 1. The van der Waals surface area contributed by atoms with Gasteiger partial charge < -0.3 is 10.4 Å². The van der Waals surface area contributed by atoms with Crippen LogP contribution in [0.2, 0.25) is 0 Å². The van der Waals surface area contributed by atoms with Crippen LogP contribution in [0.4, 0.5) is 14.6 Å². The molecule has 21 heavy (non-hydrogen) atoms. The van der Waals surface area contributed by atoms with Crippen LogP contribution in [-0.2, 0) is 0 Å². The smallest absolute Gasteiger partial charge is 0.256 e. The van der Waals surface area contributed by atoms with E-state index >= 15 is 0 Å². The highest BCUT2D eigenvalue weighted by Gasteiger charge is 2.10. The summed E-state index contributed by atoms with van der Waals surface area (Å²) in [6, 6.07) is 6.20. The Morgan fingerprint density at radius 3 is 2.71 bits per heavy atom. The van der Waals surface area contributed by atoms with Crippen LogP contribution in [0.15, 0.2) is 36.5 Å². The largest absolute Gasteiger partial charge is 0.384 e. The summed E-state index contributed by atoms with van der Waals surface area (Å²) >= 11 is 0. The van der Waals surface area contributed by atoms with E-state index in [0.717, 1.165) is 18.3 Å². The number of amides is 1. The fourth-order valence-electron chi connectivity index (χ4n) is 1.53. The first-order valence-electron chi connectivity index (χ1n) is 5.92. The second-order valence-corrected chi connectivity index (χ2v) is 3.97. The second kappa shape index (κ2) is 6.59. The number of halogens is 2. The Labute approximate surface area is 119 Å². The topological polar surface area (TPSA) is 62.2 Å². The SMILES string of the molecule is O=C(Nc1ccc(F)cn1)c1ccc(C#CCO)c(F)c1. The number of aromatic nitrogens is 1. The molecule has 0 fully saturated rings. The van der Waals surface area contributed by atoms with Gasteiger partial charge in [0.05, 0.1) is 11.8 Å². The fraction of sp³-hybridized carbons (Fsp3) is 0.0667. The fourth-order valence-corrected chi connectivity index (χ4v) is 1.53.